The number of ketones is 1. The summed E-state index contributed by atoms with van der Waals surface area (Å²) in [6.07, 6.45) is 3.56. The highest BCUT2D eigenvalue weighted by molar-refractivity contribution is 5.82. The molecule has 1 aromatic heterocycles. The summed E-state index contributed by atoms with van der Waals surface area (Å²) in [6.45, 7) is 1.41. The lowest BCUT2D eigenvalue weighted by Gasteiger charge is -2.20. The van der Waals surface area contributed by atoms with E-state index in [4.69, 9.17) is 4.74 Å². The molecule has 0 saturated carbocycles. The number of hydrogen-bond donors (Lipinski definition) is 0. The van der Waals surface area contributed by atoms with Gasteiger partial charge in [-0.2, -0.15) is 5.10 Å². The second-order valence-electron chi connectivity index (χ2n) is 3.83. The molecule has 5 heteroatoms. The Balaban J connectivity index is 1.94. The van der Waals surface area contributed by atoms with Gasteiger partial charge in [-0.15, -0.1) is 0 Å². The molecule has 0 atom stereocenters. The average molecular weight is 209 g/mol. The molecule has 0 radical (unpaired) electrons. The molecule has 82 valence electrons. The molecule has 1 aliphatic rings. The number of carbonyl (C=O) groups excluding carboxylic acids is 1. The van der Waals surface area contributed by atoms with Crippen LogP contribution in [0.1, 0.15) is 18.7 Å². The van der Waals surface area contributed by atoms with Crippen LogP contribution in [0.25, 0.3) is 0 Å². The van der Waals surface area contributed by atoms with E-state index in [0.717, 1.165) is 18.7 Å². The molecule has 2 rings (SSSR count). The molecule has 15 heavy (non-hydrogen) atoms. The van der Waals surface area contributed by atoms with Gasteiger partial charge in [0.25, 0.3) is 0 Å². The second kappa shape index (κ2) is 4.53. The molecule has 0 spiro atoms. The van der Waals surface area contributed by atoms with Gasteiger partial charge < -0.3 is 4.74 Å². The number of rotatable bonds is 3. The first-order valence-corrected chi connectivity index (χ1v) is 5.20. The van der Waals surface area contributed by atoms with Crippen LogP contribution in [-0.2, 0) is 23.0 Å². The van der Waals surface area contributed by atoms with Crippen molar-refractivity contribution < 1.29 is 9.53 Å². The monoisotopic (exact) mass is 209 g/mol. The molecule has 0 aliphatic carbocycles. The largest absolute Gasteiger partial charge is 0.381 e. The van der Waals surface area contributed by atoms with Gasteiger partial charge in [0, 0.05) is 26.2 Å². The summed E-state index contributed by atoms with van der Waals surface area (Å²) in [7, 11) is 1.81. The van der Waals surface area contributed by atoms with Crippen molar-refractivity contribution >= 4 is 5.78 Å². The highest BCUT2D eigenvalue weighted by Gasteiger charge is 2.22. The van der Waals surface area contributed by atoms with E-state index in [9.17, 15) is 4.79 Å². The number of carbonyl (C=O) groups is 1. The summed E-state index contributed by atoms with van der Waals surface area (Å²) >= 11 is 0. The molecule has 2 heterocycles. The molecule has 1 aliphatic heterocycles. The van der Waals surface area contributed by atoms with Crippen molar-refractivity contribution in [3.8, 4) is 0 Å². The Hall–Kier alpha value is -1.23. The van der Waals surface area contributed by atoms with Crippen molar-refractivity contribution in [2.75, 3.05) is 13.2 Å². The SMILES string of the molecule is Cn1ncnc1CC(=O)C1CCOCC1. The Morgan fingerprint density at radius 1 is 1.60 bits per heavy atom. The molecule has 1 fully saturated rings. The number of nitrogens with zero attached hydrogens (tertiary/aromatic N) is 3. The maximum absolute atomic E-state index is 11.9. The molecule has 0 N–H and O–H groups in total. The summed E-state index contributed by atoms with van der Waals surface area (Å²) in [4.78, 5) is 15.9. The molecule has 1 aromatic rings. The number of aryl methyl sites for hydroxylation is 1. The first kappa shape index (κ1) is 10.3. The van der Waals surface area contributed by atoms with Gasteiger partial charge in [0.2, 0.25) is 0 Å². The molecule has 0 aromatic carbocycles. The van der Waals surface area contributed by atoms with Crippen LogP contribution in [0.5, 0.6) is 0 Å². The van der Waals surface area contributed by atoms with Crippen LogP contribution in [0.3, 0.4) is 0 Å². The Morgan fingerprint density at radius 2 is 2.33 bits per heavy atom. The maximum atomic E-state index is 11.9. The van der Waals surface area contributed by atoms with Gasteiger partial charge in [-0.25, -0.2) is 4.98 Å². The lowest BCUT2D eigenvalue weighted by atomic mass is 9.93. The lowest BCUT2D eigenvalue weighted by Crippen LogP contribution is -2.25. The minimum Gasteiger partial charge on any atom is -0.381 e. The van der Waals surface area contributed by atoms with Crippen LogP contribution < -0.4 is 0 Å². The van der Waals surface area contributed by atoms with E-state index in [1.807, 2.05) is 0 Å². The lowest BCUT2D eigenvalue weighted by molar-refractivity contribution is -0.125. The number of hydrogen-bond acceptors (Lipinski definition) is 4. The van der Waals surface area contributed by atoms with E-state index < -0.39 is 0 Å². The summed E-state index contributed by atoms with van der Waals surface area (Å²) in [5.41, 5.74) is 0. The minimum atomic E-state index is 0.149. The Kier molecular flexibility index (Phi) is 3.11. The summed E-state index contributed by atoms with van der Waals surface area (Å²) in [5, 5.41) is 3.94. The van der Waals surface area contributed by atoms with Crippen LogP contribution in [0.15, 0.2) is 6.33 Å². The standard InChI is InChI=1S/C10H15N3O2/c1-13-10(11-7-12-13)6-9(14)8-2-4-15-5-3-8/h7-8H,2-6H2,1H3. The van der Waals surface area contributed by atoms with E-state index in [2.05, 4.69) is 10.1 Å². The predicted octanol–water partition coefficient (Wildman–Crippen LogP) is 0.353. The van der Waals surface area contributed by atoms with Gasteiger partial charge in [-0.3, -0.25) is 9.48 Å². The molecule has 1 saturated heterocycles. The summed E-state index contributed by atoms with van der Waals surface area (Å²) in [5.74, 6) is 1.15. The molecular formula is C10H15N3O2. The second-order valence-corrected chi connectivity index (χ2v) is 3.83. The third-order valence-corrected chi connectivity index (χ3v) is 2.81. The first-order chi connectivity index (χ1) is 7.27. The fraction of sp³-hybridized carbons (Fsp3) is 0.700. The number of Topliss-reactive ketones (excluding diaryl/α,β-unsaturated/α-hetero) is 1. The Labute approximate surface area is 88.4 Å². The van der Waals surface area contributed by atoms with E-state index in [1.54, 1.807) is 11.7 Å². The zero-order chi connectivity index (χ0) is 10.7. The topological polar surface area (TPSA) is 57.0 Å². The highest BCUT2D eigenvalue weighted by Crippen LogP contribution is 2.17. The zero-order valence-corrected chi connectivity index (χ0v) is 8.85. The summed E-state index contributed by atoms with van der Waals surface area (Å²) < 4.78 is 6.87. The van der Waals surface area contributed by atoms with Crippen molar-refractivity contribution in [1.82, 2.24) is 14.8 Å². The molecule has 0 bridgehead atoms. The average Bonchev–Trinajstić information content (AvgIpc) is 2.66. The van der Waals surface area contributed by atoms with Crippen molar-refractivity contribution in [1.29, 1.82) is 0 Å². The number of aromatic nitrogens is 3. The van der Waals surface area contributed by atoms with Crippen LogP contribution >= 0.6 is 0 Å². The Morgan fingerprint density at radius 3 is 2.93 bits per heavy atom. The zero-order valence-electron chi connectivity index (χ0n) is 8.85. The van der Waals surface area contributed by atoms with Crippen LogP contribution in [-0.4, -0.2) is 33.8 Å². The van der Waals surface area contributed by atoms with E-state index in [-0.39, 0.29) is 11.7 Å². The van der Waals surface area contributed by atoms with Crippen molar-refractivity contribution in [2.24, 2.45) is 13.0 Å². The third kappa shape index (κ3) is 2.41. The molecule has 0 unspecified atom stereocenters. The fourth-order valence-corrected chi connectivity index (χ4v) is 1.80. The normalized spacial score (nSPS) is 17.9. The maximum Gasteiger partial charge on any atom is 0.143 e. The smallest absolute Gasteiger partial charge is 0.143 e. The highest BCUT2D eigenvalue weighted by atomic mass is 16.5. The van der Waals surface area contributed by atoms with Crippen molar-refractivity contribution in [2.45, 2.75) is 19.3 Å². The minimum absolute atomic E-state index is 0.149. The predicted molar refractivity (Wildman–Crippen MR) is 53.3 cm³/mol. The van der Waals surface area contributed by atoms with Crippen LogP contribution in [0.2, 0.25) is 0 Å². The molecule has 5 nitrogen and oxygen atoms in total. The fourth-order valence-electron chi connectivity index (χ4n) is 1.80. The van der Waals surface area contributed by atoms with Crippen molar-refractivity contribution in [3.05, 3.63) is 12.2 Å². The quantitative estimate of drug-likeness (QED) is 0.721. The van der Waals surface area contributed by atoms with Gasteiger partial charge in [-0.05, 0) is 12.8 Å². The van der Waals surface area contributed by atoms with Gasteiger partial charge in [0.15, 0.2) is 0 Å². The first-order valence-electron chi connectivity index (χ1n) is 5.20. The third-order valence-electron chi connectivity index (χ3n) is 2.81. The molecule has 0 amide bonds. The van der Waals surface area contributed by atoms with Gasteiger partial charge in [0.1, 0.15) is 17.9 Å². The van der Waals surface area contributed by atoms with Crippen molar-refractivity contribution in [3.63, 3.8) is 0 Å². The van der Waals surface area contributed by atoms with Gasteiger partial charge in [-0.1, -0.05) is 0 Å². The van der Waals surface area contributed by atoms with Crippen LogP contribution in [0.4, 0.5) is 0 Å². The summed E-state index contributed by atoms with van der Waals surface area (Å²) in [6, 6.07) is 0. The van der Waals surface area contributed by atoms with E-state index >= 15 is 0 Å². The van der Waals surface area contributed by atoms with Crippen LogP contribution in [0, 0.1) is 5.92 Å². The Bertz CT molecular complexity index is 342. The number of ether oxygens (including phenoxy) is 1. The van der Waals surface area contributed by atoms with E-state index in [0.29, 0.717) is 19.6 Å². The van der Waals surface area contributed by atoms with Gasteiger partial charge in [0.05, 0.1) is 6.42 Å². The van der Waals surface area contributed by atoms with E-state index in [1.165, 1.54) is 6.33 Å². The molecular weight excluding hydrogens is 194 g/mol. The van der Waals surface area contributed by atoms with Gasteiger partial charge >= 0.3 is 0 Å².